The van der Waals surface area contributed by atoms with Gasteiger partial charge in [0.1, 0.15) is 0 Å². The first-order chi connectivity index (χ1) is 11.2. The molecule has 1 fully saturated rings. The van der Waals surface area contributed by atoms with E-state index in [-0.39, 0.29) is 11.2 Å². The van der Waals surface area contributed by atoms with Crippen LogP contribution in [0.15, 0.2) is 52.0 Å². The molecule has 1 amide bonds. The summed E-state index contributed by atoms with van der Waals surface area (Å²) in [6.07, 6.45) is 3.42. The molecule has 1 aromatic carbocycles. The summed E-state index contributed by atoms with van der Waals surface area (Å²) in [6.45, 7) is 2.13. The van der Waals surface area contributed by atoms with Gasteiger partial charge in [-0.15, -0.1) is 16.4 Å². The molecule has 1 atom stereocenters. The maximum atomic E-state index is 12.0. The number of thioether (sulfide) groups is 1. The molecule has 0 bridgehead atoms. The number of carbonyl (C=O) groups excluding carboxylic acids is 1. The Morgan fingerprint density at radius 2 is 2.00 bits per heavy atom. The van der Waals surface area contributed by atoms with Crippen LogP contribution in [0.2, 0.25) is 0 Å². The van der Waals surface area contributed by atoms with E-state index in [0.717, 1.165) is 16.9 Å². The Kier molecular flexibility index (Phi) is 5.25. The first-order valence-electron chi connectivity index (χ1n) is 7.44. The van der Waals surface area contributed by atoms with Crippen molar-refractivity contribution in [3.63, 3.8) is 0 Å². The number of aryl methyl sites for hydroxylation is 1. The molecule has 2 aromatic rings. The van der Waals surface area contributed by atoms with Crippen molar-refractivity contribution in [1.29, 1.82) is 0 Å². The van der Waals surface area contributed by atoms with Gasteiger partial charge >= 0.3 is 0 Å². The molecule has 4 nitrogen and oxygen atoms in total. The first kappa shape index (κ1) is 16.0. The van der Waals surface area contributed by atoms with E-state index in [4.69, 9.17) is 0 Å². The summed E-state index contributed by atoms with van der Waals surface area (Å²) >= 11 is 3.04. The predicted octanol–water partition coefficient (Wildman–Crippen LogP) is 3.47. The Hall–Kier alpha value is -1.92. The van der Waals surface area contributed by atoms with E-state index in [0.29, 0.717) is 11.6 Å². The fourth-order valence-electron chi connectivity index (χ4n) is 2.21. The molecule has 118 valence electrons. The average molecular weight is 343 g/mol. The highest BCUT2D eigenvalue weighted by Gasteiger charge is 2.30. The van der Waals surface area contributed by atoms with Gasteiger partial charge in [0.15, 0.2) is 5.17 Å². The Labute approximate surface area is 143 Å². The van der Waals surface area contributed by atoms with E-state index >= 15 is 0 Å². The third-order valence-corrected chi connectivity index (χ3v) is 5.38. The van der Waals surface area contributed by atoms with Gasteiger partial charge in [0.25, 0.3) is 0 Å². The smallest absolute Gasteiger partial charge is 0.239 e. The Balaban J connectivity index is 1.60. The number of benzene rings is 1. The van der Waals surface area contributed by atoms with E-state index in [1.54, 1.807) is 17.6 Å². The van der Waals surface area contributed by atoms with Crippen LogP contribution in [-0.4, -0.2) is 22.5 Å². The highest BCUT2D eigenvalue weighted by molar-refractivity contribution is 8.15. The first-order valence-corrected chi connectivity index (χ1v) is 9.20. The van der Waals surface area contributed by atoms with Gasteiger partial charge in [-0.2, -0.15) is 5.10 Å². The minimum absolute atomic E-state index is 0.000332. The Bertz CT molecular complexity index is 721. The summed E-state index contributed by atoms with van der Waals surface area (Å²) in [4.78, 5) is 13.1. The minimum Gasteiger partial charge on any atom is -0.303 e. The molecule has 1 aromatic heterocycles. The van der Waals surface area contributed by atoms with Gasteiger partial charge in [-0.05, 0) is 35.4 Å². The number of amides is 1. The van der Waals surface area contributed by atoms with E-state index in [2.05, 4.69) is 46.7 Å². The van der Waals surface area contributed by atoms with Gasteiger partial charge in [0, 0.05) is 4.88 Å². The summed E-state index contributed by atoms with van der Waals surface area (Å²) in [6, 6.07) is 12.4. The van der Waals surface area contributed by atoms with E-state index in [9.17, 15) is 4.79 Å². The molecule has 23 heavy (non-hydrogen) atoms. The number of carbonyl (C=O) groups is 1. The number of hydrogen-bond acceptors (Lipinski definition) is 5. The Morgan fingerprint density at radius 1 is 1.22 bits per heavy atom. The highest BCUT2D eigenvalue weighted by Crippen LogP contribution is 2.23. The molecule has 3 rings (SSSR count). The third kappa shape index (κ3) is 4.30. The van der Waals surface area contributed by atoms with Crippen LogP contribution in [0.3, 0.4) is 0 Å². The normalized spacial score (nSPS) is 19.6. The average Bonchev–Trinajstić information content (AvgIpc) is 3.19. The second kappa shape index (κ2) is 7.57. The van der Waals surface area contributed by atoms with Crippen molar-refractivity contribution in [2.45, 2.75) is 25.0 Å². The lowest BCUT2D eigenvalue weighted by atomic mass is 10.1. The van der Waals surface area contributed by atoms with Crippen molar-refractivity contribution in [3.05, 3.63) is 57.8 Å². The second-order valence-corrected chi connectivity index (χ2v) is 7.31. The largest absolute Gasteiger partial charge is 0.303 e. The zero-order valence-electron chi connectivity index (χ0n) is 12.7. The lowest BCUT2D eigenvalue weighted by Gasteiger charge is -2.06. The standard InChI is InChI=1S/C17H17N3OS2/c1-2-12-5-7-13(8-6-12)10-15-16(21)19-17(23-15)20-18-11-14-4-3-9-22-14/h3-9,11,15H,2,10H2,1H3,(H,19,20,21). The summed E-state index contributed by atoms with van der Waals surface area (Å²) in [5.74, 6) is -0.000332. The number of nitrogens with one attached hydrogen (secondary N) is 1. The number of hydrogen-bond donors (Lipinski definition) is 1. The van der Waals surface area contributed by atoms with Gasteiger partial charge in [-0.1, -0.05) is 49.0 Å². The van der Waals surface area contributed by atoms with Crippen LogP contribution in [0.1, 0.15) is 22.9 Å². The zero-order valence-corrected chi connectivity index (χ0v) is 14.4. The summed E-state index contributed by atoms with van der Waals surface area (Å²) in [5, 5.41) is 13.3. The van der Waals surface area contributed by atoms with Crippen molar-refractivity contribution < 1.29 is 4.79 Å². The summed E-state index contributed by atoms with van der Waals surface area (Å²) < 4.78 is 0. The minimum atomic E-state index is -0.141. The van der Waals surface area contributed by atoms with Gasteiger partial charge in [0.2, 0.25) is 5.91 Å². The fourth-order valence-corrected chi connectivity index (χ4v) is 3.76. The fraction of sp³-hybridized carbons (Fsp3) is 0.235. The van der Waals surface area contributed by atoms with Gasteiger partial charge in [-0.3, -0.25) is 4.79 Å². The predicted molar refractivity (Wildman–Crippen MR) is 98.4 cm³/mol. The molecule has 0 radical (unpaired) electrons. The molecule has 2 heterocycles. The summed E-state index contributed by atoms with van der Waals surface area (Å²) in [7, 11) is 0. The van der Waals surface area contributed by atoms with E-state index in [1.807, 2.05) is 17.5 Å². The molecule has 0 spiro atoms. The van der Waals surface area contributed by atoms with Crippen molar-refractivity contribution >= 4 is 40.4 Å². The number of rotatable bonds is 5. The molecular formula is C17H17N3OS2. The van der Waals surface area contributed by atoms with Crippen LogP contribution in [0, 0.1) is 0 Å². The molecule has 1 aliphatic rings. The highest BCUT2D eigenvalue weighted by atomic mass is 32.2. The van der Waals surface area contributed by atoms with Crippen LogP contribution in [0.4, 0.5) is 0 Å². The number of thiophene rings is 1. The summed E-state index contributed by atoms with van der Waals surface area (Å²) in [5.41, 5.74) is 2.47. The second-order valence-electron chi connectivity index (χ2n) is 5.14. The lowest BCUT2D eigenvalue weighted by molar-refractivity contribution is -0.118. The molecule has 1 saturated heterocycles. The van der Waals surface area contributed by atoms with Crippen molar-refractivity contribution in [2.24, 2.45) is 10.2 Å². The monoisotopic (exact) mass is 343 g/mol. The van der Waals surface area contributed by atoms with Crippen LogP contribution < -0.4 is 5.32 Å². The molecular weight excluding hydrogens is 326 g/mol. The Morgan fingerprint density at radius 3 is 2.70 bits per heavy atom. The van der Waals surface area contributed by atoms with Gasteiger partial charge < -0.3 is 5.32 Å². The lowest BCUT2D eigenvalue weighted by Crippen LogP contribution is -2.25. The molecule has 6 heteroatoms. The van der Waals surface area contributed by atoms with Crippen molar-refractivity contribution in [1.82, 2.24) is 5.32 Å². The SMILES string of the molecule is CCc1ccc(CC2S/C(=N/N=Cc3cccs3)NC2=O)cc1. The molecule has 0 saturated carbocycles. The molecule has 1 N–H and O–H groups in total. The van der Waals surface area contributed by atoms with Crippen molar-refractivity contribution in [3.8, 4) is 0 Å². The number of amidine groups is 1. The van der Waals surface area contributed by atoms with Gasteiger partial charge in [-0.25, -0.2) is 0 Å². The quantitative estimate of drug-likeness (QED) is 0.667. The molecule has 1 aliphatic heterocycles. The number of nitrogens with zero attached hydrogens (tertiary/aromatic N) is 2. The third-order valence-electron chi connectivity index (χ3n) is 3.51. The van der Waals surface area contributed by atoms with Crippen LogP contribution in [0.25, 0.3) is 0 Å². The molecule has 1 unspecified atom stereocenters. The maximum absolute atomic E-state index is 12.0. The van der Waals surface area contributed by atoms with Crippen molar-refractivity contribution in [2.75, 3.05) is 0 Å². The van der Waals surface area contributed by atoms with Crippen LogP contribution >= 0.6 is 23.1 Å². The van der Waals surface area contributed by atoms with E-state index in [1.165, 1.54) is 17.3 Å². The zero-order chi connectivity index (χ0) is 16.1. The molecule has 0 aliphatic carbocycles. The van der Waals surface area contributed by atoms with Crippen LogP contribution in [0.5, 0.6) is 0 Å². The topological polar surface area (TPSA) is 53.8 Å². The van der Waals surface area contributed by atoms with Gasteiger partial charge in [0.05, 0.1) is 11.5 Å². The van der Waals surface area contributed by atoms with Crippen LogP contribution in [-0.2, 0) is 17.6 Å². The van der Waals surface area contributed by atoms with E-state index < -0.39 is 0 Å². The maximum Gasteiger partial charge on any atom is 0.239 e.